The van der Waals surface area contributed by atoms with Gasteiger partial charge in [0.2, 0.25) is 0 Å². The molecule has 2 unspecified atom stereocenters. The quantitative estimate of drug-likeness (QED) is 0.900. The van der Waals surface area contributed by atoms with Crippen LogP contribution < -0.4 is 5.73 Å². The monoisotopic (exact) mass is 253 g/mol. The second-order valence-corrected chi connectivity index (χ2v) is 7.22. The van der Waals surface area contributed by atoms with E-state index in [2.05, 4.69) is 26.8 Å². The van der Waals surface area contributed by atoms with Gasteiger partial charge in [-0.15, -0.1) is 0 Å². The molecule has 0 bridgehead atoms. The Morgan fingerprint density at radius 2 is 1.88 bits per heavy atom. The van der Waals surface area contributed by atoms with Crippen molar-refractivity contribution in [2.24, 2.45) is 11.1 Å². The fourth-order valence-corrected chi connectivity index (χ4v) is 3.20. The maximum absolute atomic E-state index is 12.3. The molecule has 17 heavy (non-hydrogen) atoms. The molecule has 1 aromatic carbocycles. The summed E-state index contributed by atoms with van der Waals surface area (Å²) in [6, 6.07) is 5.97. The lowest BCUT2D eigenvalue weighted by molar-refractivity contribution is 0.342. The summed E-state index contributed by atoms with van der Waals surface area (Å²) in [7, 11) is -1.00. The lowest BCUT2D eigenvalue weighted by Gasteiger charge is -2.26. The number of nitrogens with two attached hydrogens (primary N) is 1. The summed E-state index contributed by atoms with van der Waals surface area (Å²) in [5.41, 5.74) is 8.36. The van der Waals surface area contributed by atoms with Crippen LogP contribution in [-0.2, 0) is 10.8 Å². The van der Waals surface area contributed by atoms with E-state index in [9.17, 15) is 4.21 Å². The van der Waals surface area contributed by atoms with Crippen molar-refractivity contribution >= 4 is 10.8 Å². The topological polar surface area (TPSA) is 43.1 Å². The Morgan fingerprint density at radius 1 is 1.29 bits per heavy atom. The highest BCUT2D eigenvalue weighted by atomic mass is 32.2. The van der Waals surface area contributed by atoms with Gasteiger partial charge in [0.05, 0.1) is 10.8 Å². The van der Waals surface area contributed by atoms with Crippen LogP contribution >= 0.6 is 0 Å². The van der Waals surface area contributed by atoms with Gasteiger partial charge in [-0.05, 0) is 30.9 Å². The highest BCUT2D eigenvalue weighted by molar-refractivity contribution is 7.85. The Bertz CT molecular complexity index is 421. The summed E-state index contributed by atoms with van der Waals surface area (Å²) in [5.74, 6) is 0.521. The standard InChI is InChI=1S/C14H23NOS/c1-10-6-7-12(11(2)8-10)17(16)9-13(15)14(3,4)5/h6-8,13H,9,15H2,1-5H3. The summed E-state index contributed by atoms with van der Waals surface area (Å²) in [6.45, 7) is 10.3. The van der Waals surface area contributed by atoms with E-state index in [0.717, 1.165) is 10.5 Å². The number of aryl methyl sites for hydroxylation is 2. The smallest absolute Gasteiger partial charge is 0.0548 e. The number of hydrogen-bond acceptors (Lipinski definition) is 2. The molecule has 0 saturated heterocycles. The van der Waals surface area contributed by atoms with Crippen LogP contribution in [0.1, 0.15) is 31.9 Å². The Balaban J connectivity index is 2.84. The van der Waals surface area contributed by atoms with Gasteiger partial charge in [0.15, 0.2) is 0 Å². The fourth-order valence-electron chi connectivity index (χ4n) is 1.56. The zero-order valence-corrected chi connectivity index (χ0v) is 12.2. The van der Waals surface area contributed by atoms with E-state index < -0.39 is 10.8 Å². The van der Waals surface area contributed by atoms with Crippen molar-refractivity contribution in [2.45, 2.75) is 45.6 Å². The largest absolute Gasteiger partial charge is 0.326 e. The summed E-state index contributed by atoms with van der Waals surface area (Å²) < 4.78 is 12.3. The molecule has 2 atom stereocenters. The average molecular weight is 253 g/mol. The zero-order valence-electron chi connectivity index (χ0n) is 11.4. The van der Waals surface area contributed by atoms with Crippen LogP contribution in [0.15, 0.2) is 23.1 Å². The summed E-state index contributed by atoms with van der Waals surface area (Å²) in [5, 5.41) is 0. The van der Waals surface area contributed by atoms with Crippen LogP contribution in [0, 0.1) is 19.3 Å². The number of hydrogen-bond donors (Lipinski definition) is 1. The molecule has 0 aliphatic carbocycles. The Morgan fingerprint density at radius 3 is 2.35 bits per heavy atom. The van der Waals surface area contributed by atoms with Gasteiger partial charge >= 0.3 is 0 Å². The summed E-state index contributed by atoms with van der Waals surface area (Å²) in [4.78, 5) is 0.912. The molecule has 0 amide bonds. The van der Waals surface area contributed by atoms with Crippen molar-refractivity contribution in [3.05, 3.63) is 29.3 Å². The van der Waals surface area contributed by atoms with E-state index >= 15 is 0 Å². The van der Waals surface area contributed by atoms with E-state index in [4.69, 9.17) is 5.73 Å². The average Bonchev–Trinajstić information content (AvgIpc) is 2.15. The third-order valence-electron chi connectivity index (χ3n) is 3.02. The maximum atomic E-state index is 12.3. The molecule has 0 heterocycles. The minimum Gasteiger partial charge on any atom is -0.326 e. The van der Waals surface area contributed by atoms with Crippen LogP contribution in [0.2, 0.25) is 0 Å². The van der Waals surface area contributed by atoms with Gasteiger partial charge in [0, 0.05) is 16.7 Å². The molecular weight excluding hydrogens is 230 g/mol. The molecule has 0 saturated carbocycles. The molecule has 2 nitrogen and oxygen atoms in total. The van der Waals surface area contributed by atoms with Gasteiger partial charge in [0.1, 0.15) is 0 Å². The first-order chi connectivity index (χ1) is 7.71. The normalized spacial score (nSPS) is 15.6. The second kappa shape index (κ2) is 5.32. The molecule has 0 aliphatic rings. The minimum atomic E-state index is -1.00. The number of benzene rings is 1. The molecule has 0 spiro atoms. The van der Waals surface area contributed by atoms with E-state index in [1.807, 2.05) is 26.0 Å². The Labute approximate surface area is 107 Å². The van der Waals surface area contributed by atoms with Crippen LogP contribution in [0.4, 0.5) is 0 Å². The van der Waals surface area contributed by atoms with Gasteiger partial charge in [-0.3, -0.25) is 4.21 Å². The van der Waals surface area contributed by atoms with E-state index in [1.54, 1.807) is 0 Å². The van der Waals surface area contributed by atoms with Crippen molar-refractivity contribution < 1.29 is 4.21 Å². The van der Waals surface area contributed by atoms with Gasteiger partial charge in [-0.1, -0.05) is 38.5 Å². The Kier molecular flexibility index (Phi) is 4.50. The molecule has 1 aromatic rings. The van der Waals surface area contributed by atoms with E-state index in [-0.39, 0.29) is 11.5 Å². The lowest BCUT2D eigenvalue weighted by Crippen LogP contribution is -2.39. The third-order valence-corrected chi connectivity index (χ3v) is 4.63. The zero-order chi connectivity index (χ0) is 13.2. The van der Waals surface area contributed by atoms with Crippen molar-refractivity contribution in [1.82, 2.24) is 0 Å². The SMILES string of the molecule is Cc1ccc(S(=O)CC(N)C(C)(C)C)c(C)c1. The van der Waals surface area contributed by atoms with Gasteiger partial charge in [-0.25, -0.2) is 0 Å². The molecule has 96 valence electrons. The molecule has 0 fully saturated rings. The first-order valence-electron chi connectivity index (χ1n) is 5.93. The first-order valence-corrected chi connectivity index (χ1v) is 7.25. The molecule has 0 radical (unpaired) electrons. The van der Waals surface area contributed by atoms with Crippen LogP contribution in [0.5, 0.6) is 0 Å². The highest BCUT2D eigenvalue weighted by Gasteiger charge is 2.23. The van der Waals surface area contributed by atoms with Gasteiger partial charge in [0.25, 0.3) is 0 Å². The van der Waals surface area contributed by atoms with E-state index in [0.29, 0.717) is 5.75 Å². The predicted octanol–water partition coefficient (Wildman–Crippen LogP) is 2.78. The Hall–Kier alpha value is -0.670. The van der Waals surface area contributed by atoms with Gasteiger partial charge < -0.3 is 5.73 Å². The van der Waals surface area contributed by atoms with Crippen LogP contribution in [-0.4, -0.2) is 16.0 Å². The summed E-state index contributed by atoms with van der Waals surface area (Å²) in [6.07, 6.45) is 0. The highest BCUT2D eigenvalue weighted by Crippen LogP contribution is 2.21. The van der Waals surface area contributed by atoms with Crippen molar-refractivity contribution in [2.75, 3.05) is 5.75 Å². The van der Waals surface area contributed by atoms with Crippen molar-refractivity contribution in [1.29, 1.82) is 0 Å². The fraction of sp³-hybridized carbons (Fsp3) is 0.571. The predicted molar refractivity (Wildman–Crippen MR) is 74.6 cm³/mol. The first kappa shape index (κ1) is 14.4. The molecule has 0 aliphatic heterocycles. The van der Waals surface area contributed by atoms with Gasteiger partial charge in [-0.2, -0.15) is 0 Å². The molecular formula is C14H23NOS. The third kappa shape index (κ3) is 3.93. The second-order valence-electron chi connectivity index (χ2n) is 5.75. The lowest BCUT2D eigenvalue weighted by atomic mass is 9.89. The number of rotatable bonds is 3. The van der Waals surface area contributed by atoms with Crippen molar-refractivity contribution in [3.8, 4) is 0 Å². The minimum absolute atomic E-state index is 0.00569. The molecule has 1 rings (SSSR count). The maximum Gasteiger partial charge on any atom is 0.0548 e. The molecule has 2 N–H and O–H groups in total. The molecule has 0 aromatic heterocycles. The van der Waals surface area contributed by atoms with Crippen LogP contribution in [0.3, 0.4) is 0 Å². The van der Waals surface area contributed by atoms with Crippen molar-refractivity contribution in [3.63, 3.8) is 0 Å². The molecule has 3 heteroatoms. The summed E-state index contributed by atoms with van der Waals surface area (Å²) >= 11 is 0. The van der Waals surface area contributed by atoms with Crippen LogP contribution in [0.25, 0.3) is 0 Å². The van der Waals surface area contributed by atoms with E-state index in [1.165, 1.54) is 5.56 Å².